The number of aliphatic hydroxyl groups is 1. The second-order valence-electron chi connectivity index (χ2n) is 2.65. The summed E-state index contributed by atoms with van der Waals surface area (Å²) in [6.45, 7) is -0.417. The molecule has 0 heterocycles. The van der Waals surface area contributed by atoms with E-state index >= 15 is 0 Å². The van der Waals surface area contributed by atoms with Gasteiger partial charge in [0.05, 0.1) is 12.2 Å². The van der Waals surface area contributed by atoms with E-state index in [4.69, 9.17) is 10.4 Å². The molecule has 0 saturated heterocycles. The quantitative estimate of drug-likeness (QED) is 0.823. The highest BCUT2D eigenvalue weighted by Gasteiger charge is 2.32. The predicted molar refractivity (Wildman–Crippen MR) is 43.8 cm³/mol. The number of hydrogen-bond donors (Lipinski definition) is 1. The molecule has 0 unspecified atom stereocenters. The molecule has 0 bridgehead atoms. The van der Waals surface area contributed by atoms with E-state index in [2.05, 4.69) is 4.74 Å². The number of nitrogens with zero attached hydrogens (tertiary/aromatic N) is 1. The van der Waals surface area contributed by atoms with Crippen molar-refractivity contribution in [3.63, 3.8) is 0 Å². The van der Waals surface area contributed by atoms with Crippen molar-refractivity contribution in [1.29, 1.82) is 5.26 Å². The first-order valence-electron chi connectivity index (χ1n) is 3.86. The normalized spacial score (nSPS) is 10.9. The van der Waals surface area contributed by atoms with Crippen LogP contribution in [0.3, 0.4) is 0 Å². The average molecular weight is 217 g/mol. The number of alkyl halides is 3. The van der Waals surface area contributed by atoms with Gasteiger partial charge in [0, 0.05) is 0 Å². The van der Waals surface area contributed by atoms with Gasteiger partial charge in [-0.25, -0.2) is 0 Å². The van der Waals surface area contributed by atoms with Gasteiger partial charge >= 0.3 is 6.36 Å². The number of benzene rings is 1. The first-order chi connectivity index (χ1) is 6.96. The third kappa shape index (κ3) is 3.14. The average Bonchev–Trinajstić information content (AvgIpc) is 2.15. The second-order valence-corrected chi connectivity index (χ2v) is 2.65. The van der Waals surface area contributed by atoms with Crippen LogP contribution in [-0.2, 0) is 6.61 Å². The molecule has 80 valence electrons. The molecule has 0 aliphatic heterocycles. The van der Waals surface area contributed by atoms with Crippen molar-refractivity contribution in [3.8, 4) is 11.8 Å². The van der Waals surface area contributed by atoms with Gasteiger partial charge in [0.1, 0.15) is 11.8 Å². The van der Waals surface area contributed by atoms with E-state index < -0.39 is 18.7 Å². The highest BCUT2D eigenvalue weighted by atomic mass is 19.4. The minimum atomic E-state index is -4.85. The van der Waals surface area contributed by atoms with Crippen molar-refractivity contribution >= 4 is 0 Å². The van der Waals surface area contributed by atoms with Crippen LogP contribution in [0, 0.1) is 11.3 Å². The molecule has 0 radical (unpaired) electrons. The van der Waals surface area contributed by atoms with Crippen molar-refractivity contribution in [2.24, 2.45) is 0 Å². The molecule has 1 aromatic carbocycles. The molecule has 1 N–H and O–H groups in total. The van der Waals surface area contributed by atoms with E-state index in [-0.39, 0.29) is 11.1 Å². The minimum Gasteiger partial charge on any atom is -0.404 e. The number of hydrogen-bond acceptors (Lipinski definition) is 3. The Morgan fingerprint density at radius 1 is 1.40 bits per heavy atom. The number of halogens is 3. The number of rotatable bonds is 2. The first-order valence-corrected chi connectivity index (χ1v) is 3.86. The van der Waals surface area contributed by atoms with Crippen LogP contribution in [0.5, 0.6) is 5.75 Å². The van der Waals surface area contributed by atoms with Crippen molar-refractivity contribution in [2.75, 3.05) is 0 Å². The van der Waals surface area contributed by atoms with Crippen LogP contribution in [0.25, 0.3) is 0 Å². The molecule has 3 nitrogen and oxygen atoms in total. The van der Waals surface area contributed by atoms with Crippen LogP contribution < -0.4 is 4.74 Å². The monoisotopic (exact) mass is 217 g/mol. The number of ether oxygens (including phenoxy) is 1. The Kier molecular flexibility index (Phi) is 3.17. The number of aliphatic hydroxyl groups excluding tert-OH is 1. The van der Waals surface area contributed by atoms with Gasteiger partial charge in [0.2, 0.25) is 0 Å². The fourth-order valence-electron chi connectivity index (χ4n) is 0.967. The molecular weight excluding hydrogens is 211 g/mol. The maximum atomic E-state index is 11.9. The van der Waals surface area contributed by atoms with E-state index in [1.807, 2.05) is 0 Å². The Hall–Kier alpha value is -1.74. The molecular formula is C9H6F3NO2. The Morgan fingerprint density at radius 3 is 2.53 bits per heavy atom. The zero-order valence-electron chi connectivity index (χ0n) is 7.38. The summed E-state index contributed by atoms with van der Waals surface area (Å²) in [5, 5.41) is 17.2. The lowest BCUT2D eigenvalue weighted by Crippen LogP contribution is -2.18. The molecule has 0 saturated carbocycles. The van der Waals surface area contributed by atoms with Crippen molar-refractivity contribution in [1.82, 2.24) is 0 Å². The fourth-order valence-corrected chi connectivity index (χ4v) is 0.967. The van der Waals surface area contributed by atoms with Crippen LogP contribution in [-0.4, -0.2) is 11.5 Å². The predicted octanol–water partition coefficient (Wildman–Crippen LogP) is 1.95. The van der Waals surface area contributed by atoms with Crippen LogP contribution in [0.1, 0.15) is 11.1 Å². The fraction of sp³-hybridized carbons (Fsp3) is 0.222. The van der Waals surface area contributed by atoms with E-state index in [1.54, 1.807) is 6.07 Å². The van der Waals surface area contributed by atoms with Gasteiger partial charge < -0.3 is 9.84 Å². The first kappa shape index (κ1) is 11.3. The molecule has 15 heavy (non-hydrogen) atoms. The molecule has 0 amide bonds. The van der Waals surface area contributed by atoms with Gasteiger partial charge in [0.15, 0.2) is 0 Å². The Bertz CT molecular complexity index is 395. The van der Waals surface area contributed by atoms with Crippen molar-refractivity contribution < 1.29 is 23.0 Å². The summed E-state index contributed by atoms with van der Waals surface area (Å²) < 4.78 is 39.3. The molecule has 0 spiro atoms. The van der Waals surface area contributed by atoms with Crippen LogP contribution in [0.2, 0.25) is 0 Å². The summed E-state index contributed by atoms with van der Waals surface area (Å²) in [4.78, 5) is 0. The van der Waals surface area contributed by atoms with Gasteiger partial charge in [-0.3, -0.25) is 0 Å². The Morgan fingerprint density at radius 2 is 2.07 bits per heavy atom. The van der Waals surface area contributed by atoms with Gasteiger partial charge in [0.25, 0.3) is 0 Å². The van der Waals surface area contributed by atoms with Crippen molar-refractivity contribution in [2.45, 2.75) is 13.0 Å². The Labute approximate surface area is 83.3 Å². The van der Waals surface area contributed by atoms with Gasteiger partial charge in [-0.05, 0) is 17.7 Å². The zero-order chi connectivity index (χ0) is 11.5. The highest BCUT2D eigenvalue weighted by Crippen LogP contribution is 2.27. The lowest BCUT2D eigenvalue weighted by atomic mass is 10.1. The highest BCUT2D eigenvalue weighted by molar-refractivity contribution is 5.45. The van der Waals surface area contributed by atoms with E-state index in [9.17, 15) is 13.2 Å². The Balaban J connectivity index is 3.08. The molecule has 0 aromatic heterocycles. The largest absolute Gasteiger partial charge is 0.573 e. The van der Waals surface area contributed by atoms with E-state index in [1.165, 1.54) is 6.07 Å². The maximum Gasteiger partial charge on any atom is 0.573 e. The van der Waals surface area contributed by atoms with Crippen LogP contribution in [0.15, 0.2) is 18.2 Å². The number of nitriles is 1. The summed E-state index contributed by atoms with van der Waals surface area (Å²) in [5.74, 6) is -0.600. The summed E-state index contributed by atoms with van der Waals surface area (Å²) in [6, 6.07) is 5.05. The third-order valence-electron chi connectivity index (χ3n) is 1.57. The van der Waals surface area contributed by atoms with Gasteiger partial charge in [-0.1, -0.05) is 6.07 Å². The second kappa shape index (κ2) is 4.19. The van der Waals surface area contributed by atoms with Crippen molar-refractivity contribution in [3.05, 3.63) is 29.3 Å². The van der Waals surface area contributed by atoms with E-state index in [0.717, 1.165) is 12.1 Å². The van der Waals surface area contributed by atoms with Gasteiger partial charge in [-0.2, -0.15) is 5.26 Å². The van der Waals surface area contributed by atoms with Gasteiger partial charge in [-0.15, -0.1) is 13.2 Å². The SMILES string of the molecule is N#Cc1ccc(CO)cc1OC(F)(F)F. The molecule has 0 aliphatic carbocycles. The summed E-state index contributed by atoms with van der Waals surface area (Å²) in [6.07, 6.45) is -4.85. The summed E-state index contributed by atoms with van der Waals surface area (Å²) in [5.41, 5.74) is 0.0118. The topological polar surface area (TPSA) is 53.2 Å². The van der Waals surface area contributed by atoms with Crippen LogP contribution >= 0.6 is 0 Å². The molecule has 0 fully saturated rings. The zero-order valence-corrected chi connectivity index (χ0v) is 7.38. The maximum absolute atomic E-state index is 11.9. The molecule has 0 aliphatic rings. The minimum absolute atomic E-state index is 0.232. The smallest absolute Gasteiger partial charge is 0.404 e. The summed E-state index contributed by atoms with van der Waals surface area (Å²) >= 11 is 0. The van der Waals surface area contributed by atoms with E-state index in [0.29, 0.717) is 0 Å². The molecule has 0 atom stereocenters. The molecule has 6 heteroatoms. The molecule has 1 rings (SSSR count). The third-order valence-corrected chi connectivity index (χ3v) is 1.57. The molecule has 1 aromatic rings. The lowest BCUT2D eigenvalue weighted by Gasteiger charge is -2.10. The van der Waals surface area contributed by atoms with Crippen LogP contribution in [0.4, 0.5) is 13.2 Å². The standard InChI is InChI=1S/C9H6F3NO2/c10-9(11,12)15-8-3-6(5-14)1-2-7(8)4-13/h1-3,14H,5H2. The summed E-state index contributed by atoms with van der Waals surface area (Å²) in [7, 11) is 0. The lowest BCUT2D eigenvalue weighted by molar-refractivity contribution is -0.274.